The van der Waals surface area contributed by atoms with E-state index in [4.69, 9.17) is 5.26 Å². The van der Waals surface area contributed by atoms with Gasteiger partial charge in [0.25, 0.3) is 0 Å². The van der Waals surface area contributed by atoms with Gasteiger partial charge in [0.05, 0.1) is 28.8 Å². The van der Waals surface area contributed by atoms with Gasteiger partial charge in [-0.2, -0.15) is 5.26 Å². The van der Waals surface area contributed by atoms with Crippen molar-refractivity contribution >= 4 is 28.6 Å². The van der Waals surface area contributed by atoms with Crippen molar-refractivity contribution in [1.82, 2.24) is 9.55 Å². The van der Waals surface area contributed by atoms with Crippen molar-refractivity contribution in [3.05, 3.63) is 54.1 Å². The number of aromatic nitrogens is 2. The number of hydrogen-bond donors (Lipinski definition) is 3. The van der Waals surface area contributed by atoms with Crippen molar-refractivity contribution in [2.24, 2.45) is 0 Å². The van der Waals surface area contributed by atoms with Gasteiger partial charge in [-0.3, -0.25) is 4.79 Å². The molecule has 0 spiro atoms. The third-order valence-electron chi connectivity index (χ3n) is 3.79. The summed E-state index contributed by atoms with van der Waals surface area (Å²) in [6, 6.07) is 16.3. The summed E-state index contributed by atoms with van der Waals surface area (Å²) in [5.74, 6) is 0.288. The lowest BCUT2D eigenvalue weighted by molar-refractivity contribution is -0.116. The molecule has 3 aromatic rings. The predicted molar refractivity (Wildman–Crippen MR) is 99.7 cm³/mol. The van der Waals surface area contributed by atoms with Gasteiger partial charge in [-0.15, -0.1) is 0 Å². The molecule has 0 aliphatic carbocycles. The maximum Gasteiger partial charge on any atom is 0.244 e. The number of benzene rings is 2. The first-order valence-electron chi connectivity index (χ1n) is 8.24. The van der Waals surface area contributed by atoms with Crippen LogP contribution in [0, 0.1) is 11.3 Å². The molecule has 7 nitrogen and oxygen atoms in total. The Morgan fingerprint density at radius 1 is 1.31 bits per heavy atom. The van der Waals surface area contributed by atoms with E-state index in [0.29, 0.717) is 23.7 Å². The molecule has 0 saturated heterocycles. The number of fused-ring (bicyclic) bond motifs is 1. The van der Waals surface area contributed by atoms with Crippen LogP contribution >= 0.6 is 0 Å². The number of anilines is 2. The molecular formula is C19H19N5O2. The Morgan fingerprint density at radius 2 is 2.12 bits per heavy atom. The highest BCUT2D eigenvalue weighted by Gasteiger charge is 2.14. The lowest BCUT2D eigenvalue weighted by atomic mass is 10.2. The lowest BCUT2D eigenvalue weighted by Gasteiger charge is -2.12. The van der Waals surface area contributed by atoms with E-state index >= 15 is 0 Å². The Hall–Kier alpha value is -3.37. The van der Waals surface area contributed by atoms with Crippen molar-refractivity contribution in [2.75, 3.05) is 17.2 Å². The number of aliphatic hydroxyl groups excluding tert-OH is 1. The summed E-state index contributed by atoms with van der Waals surface area (Å²) in [5, 5.41) is 24.3. The highest BCUT2D eigenvalue weighted by atomic mass is 16.3. The van der Waals surface area contributed by atoms with E-state index in [1.807, 2.05) is 30.3 Å². The number of para-hydroxylation sites is 2. The molecule has 3 N–H and O–H groups in total. The average molecular weight is 349 g/mol. The van der Waals surface area contributed by atoms with Crippen molar-refractivity contribution in [3.8, 4) is 6.07 Å². The normalized spacial score (nSPS) is 11.7. The van der Waals surface area contributed by atoms with Gasteiger partial charge in [-0.1, -0.05) is 18.2 Å². The molecule has 1 aromatic heterocycles. The van der Waals surface area contributed by atoms with Gasteiger partial charge in [0.2, 0.25) is 11.9 Å². The molecule has 0 saturated carbocycles. The summed E-state index contributed by atoms with van der Waals surface area (Å²) in [6.45, 7) is 2.06. The number of nitriles is 1. The summed E-state index contributed by atoms with van der Waals surface area (Å²) in [6.07, 6.45) is -0.536. The zero-order chi connectivity index (χ0) is 18.5. The Balaban J connectivity index is 1.83. The second kappa shape index (κ2) is 7.68. The summed E-state index contributed by atoms with van der Waals surface area (Å²) >= 11 is 0. The molecule has 0 fully saturated rings. The number of nitrogens with one attached hydrogen (secondary N) is 2. The van der Waals surface area contributed by atoms with Gasteiger partial charge in [0.1, 0.15) is 6.54 Å². The van der Waals surface area contributed by atoms with E-state index < -0.39 is 6.10 Å². The summed E-state index contributed by atoms with van der Waals surface area (Å²) in [7, 11) is 0. The van der Waals surface area contributed by atoms with Crippen molar-refractivity contribution in [1.29, 1.82) is 5.26 Å². The van der Waals surface area contributed by atoms with Crippen molar-refractivity contribution < 1.29 is 9.90 Å². The van der Waals surface area contributed by atoms with Gasteiger partial charge in [0.15, 0.2) is 0 Å². The van der Waals surface area contributed by atoms with E-state index in [1.54, 1.807) is 35.8 Å². The van der Waals surface area contributed by atoms with Crippen LogP contribution in [0.25, 0.3) is 11.0 Å². The standard InChI is InChI=1S/C19H19N5O2/c1-13(25)11-21-19-23-16-7-2-3-8-17(16)24(19)12-18(26)22-15-6-4-5-14(9-15)10-20/h2-9,13,25H,11-12H2,1H3,(H,21,23)(H,22,26)/t13-/m0/s1. The average Bonchev–Trinajstić information content (AvgIpc) is 2.97. The fourth-order valence-electron chi connectivity index (χ4n) is 2.62. The van der Waals surface area contributed by atoms with Crippen LogP contribution in [-0.4, -0.2) is 33.2 Å². The SMILES string of the molecule is C[C@H](O)CNc1nc2ccccc2n1CC(=O)Nc1cccc(C#N)c1. The molecule has 1 amide bonds. The van der Waals surface area contributed by atoms with E-state index in [0.717, 1.165) is 11.0 Å². The summed E-state index contributed by atoms with van der Waals surface area (Å²) < 4.78 is 1.77. The molecule has 7 heteroatoms. The Labute approximate surface area is 150 Å². The van der Waals surface area contributed by atoms with E-state index in [1.165, 1.54) is 0 Å². The second-order valence-corrected chi connectivity index (χ2v) is 5.98. The molecule has 2 aromatic carbocycles. The molecule has 0 unspecified atom stereocenters. The van der Waals surface area contributed by atoms with E-state index in [2.05, 4.69) is 15.6 Å². The van der Waals surface area contributed by atoms with Gasteiger partial charge in [-0.05, 0) is 37.3 Å². The molecule has 1 heterocycles. The zero-order valence-corrected chi connectivity index (χ0v) is 14.3. The molecule has 3 rings (SSSR count). The van der Waals surface area contributed by atoms with Crippen LogP contribution in [0.2, 0.25) is 0 Å². The number of hydrogen-bond acceptors (Lipinski definition) is 5. The van der Waals surface area contributed by atoms with Crippen LogP contribution in [0.3, 0.4) is 0 Å². The monoisotopic (exact) mass is 349 g/mol. The second-order valence-electron chi connectivity index (χ2n) is 5.98. The van der Waals surface area contributed by atoms with Crippen molar-refractivity contribution in [2.45, 2.75) is 19.6 Å². The predicted octanol–water partition coefficient (Wildman–Crippen LogP) is 2.34. The molecule has 0 aliphatic heterocycles. The van der Waals surface area contributed by atoms with E-state index in [-0.39, 0.29) is 12.5 Å². The summed E-state index contributed by atoms with van der Waals surface area (Å²) in [5.41, 5.74) is 2.63. The highest BCUT2D eigenvalue weighted by molar-refractivity contribution is 5.92. The van der Waals surface area contributed by atoms with Gasteiger partial charge in [-0.25, -0.2) is 4.98 Å². The molecule has 0 bridgehead atoms. The van der Waals surface area contributed by atoms with Gasteiger partial charge < -0.3 is 20.3 Å². The van der Waals surface area contributed by atoms with Crippen LogP contribution < -0.4 is 10.6 Å². The molecule has 0 aliphatic rings. The van der Waals surface area contributed by atoms with E-state index in [9.17, 15) is 9.90 Å². The number of rotatable bonds is 6. The van der Waals surface area contributed by atoms with Gasteiger partial charge >= 0.3 is 0 Å². The number of amides is 1. The van der Waals surface area contributed by atoms with Crippen LogP contribution in [-0.2, 0) is 11.3 Å². The number of carbonyl (C=O) groups is 1. The van der Waals surface area contributed by atoms with Crippen LogP contribution in [0.4, 0.5) is 11.6 Å². The van der Waals surface area contributed by atoms with Crippen LogP contribution in [0.5, 0.6) is 0 Å². The van der Waals surface area contributed by atoms with Crippen LogP contribution in [0.1, 0.15) is 12.5 Å². The first-order chi connectivity index (χ1) is 12.6. The minimum atomic E-state index is -0.536. The number of imidazole rings is 1. The Bertz CT molecular complexity index is 971. The maximum atomic E-state index is 12.5. The molecule has 132 valence electrons. The fourth-order valence-corrected chi connectivity index (χ4v) is 2.62. The fraction of sp³-hybridized carbons (Fsp3) is 0.211. The highest BCUT2D eigenvalue weighted by Crippen LogP contribution is 2.20. The number of carbonyl (C=O) groups excluding carboxylic acids is 1. The Kier molecular flexibility index (Phi) is 5.15. The largest absolute Gasteiger partial charge is 0.392 e. The molecule has 0 radical (unpaired) electrons. The quantitative estimate of drug-likeness (QED) is 0.634. The first kappa shape index (κ1) is 17.5. The molecular weight excluding hydrogens is 330 g/mol. The zero-order valence-electron chi connectivity index (χ0n) is 14.3. The first-order valence-corrected chi connectivity index (χ1v) is 8.24. The lowest BCUT2D eigenvalue weighted by Crippen LogP contribution is -2.22. The van der Waals surface area contributed by atoms with Crippen LogP contribution in [0.15, 0.2) is 48.5 Å². The molecule has 26 heavy (non-hydrogen) atoms. The minimum absolute atomic E-state index is 0.0550. The smallest absolute Gasteiger partial charge is 0.244 e. The number of nitrogens with zero attached hydrogens (tertiary/aromatic N) is 3. The third-order valence-corrected chi connectivity index (χ3v) is 3.79. The van der Waals surface area contributed by atoms with Gasteiger partial charge in [0, 0.05) is 12.2 Å². The number of aliphatic hydroxyl groups is 1. The maximum absolute atomic E-state index is 12.5. The third kappa shape index (κ3) is 3.99. The van der Waals surface area contributed by atoms with Crippen molar-refractivity contribution in [3.63, 3.8) is 0 Å². The topological polar surface area (TPSA) is 103 Å². The minimum Gasteiger partial charge on any atom is -0.392 e. The summed E-state index contributed by atoms with van der Waals surface area (Å²) in [4.78, 5) is 17.0. The Morgan fingerprint density at radius 3 is 2.88 bits per heavy atom. The molecule has 1 atom stereocenters.